The first-order valence-corrected chi connectivity index (χ1v) is 7.34. The van der Waals surface area contributed by atoms with Crippen molar-refractivity contribution >= 4 is 23.3 Å². The van der Waals surface area contributed by atoms with Gasteiger partial charge in [0.05, 0.1) is 6.54 Å². The highest BCUT2D eigenvalue weighted by molar-refractivity contribution is 5.77. The van der Waals surface area contributed by atoms with Gasteiger partial charge >= 0.3 is 5.97 Å². The molecule has 0 aliphatic carbocycles. The van der Waals surface area contributed by atoms with Gasteiger partial charge < -0.3 is 20.4 Å². The Bertz CT molecular complexity index is 733. The molecule has 2 aromatic rings. The van der Waals surface area contributed by atoms with Crippen LogP contribution < -0.4 is 10.2 Å². The topological polar surface area (TPSA) is 98.6 Å². The number of fused-ring (bicyclic) bond motifs is 1. The average Bonchev–Trinajstić information content (AvgIpc) is 2.97. The van der Waals surface area contributed by atoms with Crippen molar-refractivity contribution < 1.29 is 15.0 Å². The molecule has 0 radical (unpaired) electrons. The van der Waals surface area contributed by atoms with E-state index in [2.05, 4.69) is 26.3 Å². The third kappa shape index (κ3) is 3.09. The summed E-state index contributed by atoms with van der Waals surface area (Å²) in [4.78, 5) is 21.4. The normalized spacial score (nSPS) is 15.8. The van der Waals surface area contributed by atoms with Crippen molar-refractivity contribution in [2.24, 2.45) is 0 Å². The number of carboxylic acids is 1. The van der Waals surface area contributed by atoms with Crippen LogP contribution in [0.1, 0.15) is 12.5 Å². The molecule has 1 aromatic heterocycles. The van der Waals surface area contributed by atoms with Crippen LogP contribution in [0.15, 0.2) is 36.7 Å². The first kappa shape index (κ1) is 15.2. The molecule has 0 amide bonds. The van der Waals surface area contributed by atoms with Gasteiger partial charge in [-0.15, -0.1) is 0 Å². The molecule has 3 rings (SSSR count). The zero-order valence-corrected chi connectivity index (χ0v) is 12.7. The van der Waals surface area contributed by atoms with E-state index in [-0.39, 0.29) is 6.54 Å². The number of nitrogens with one attached hydrogen (secondary N) is 1. The van der Waals surface area contributed by atoms with Gasteiger partial charge in [-0.05, 0) is 25.0 Å². The Kier molecular flexibility index (Phi) is 3.87. The third-order valence-corrected chi connectivity index (χ3v) is 3.89. The number of hydrogen-bond acceptors (Lipinski definition) is 6. The number of aliphatic carboxylic acids is 1. The standard InChI is InChI=1S/C16H18N4O3/c1-16(23,15(21)22)9-17-13-8-14(19-10-18-13)20-7-6-11-4-2-3-5-12(11)20/h2-5,8,10,23H,6-7,9H2,1H3,(H,21,22)(H,17,18,19). The lowest BCUT2D eigenvalue weighted by Crippen LogP contribution is -2.41. The van der Waals surface area contributed by atoms with Crippen LogP contribution in [0.25, 0.3) is 0 Å². The molecule has 7 nitrogen and oxygen atoms in total. The van der Waals surface area contributed by atoms with Gasteiger partial charge in [-0.3, -0.25) is 0 Å². The summed E-state index contributed by atoms with van der Waals surface area (Å²) in [7, 11) is 0. The molecule has 0 spiro atoms. The third-order valence-electron chi connectivity index (χ3n) is 3.89. The van der Waals surface area contributed by atoms with Crippen LogP contribution in [0.4, 0.5) is 17.3 Å². The predicted molar refractivity (Wildman–Crippen MR) is 85.9 cm³/mol. The van der Waals surface area contributed by atoms with Crippen LogP contribution in [-0.4, -0.2) is 44.8 Å². The van der Waals surface area contributed by atoms with Crippen LogP contribution in [0.3, 0.4) is 0 Å². The van der Waals surface area contributed by atoms with Gasteiger partial charge in [0, 0.05) is 18.3 Å². The largest absolute Gasteiger partial charge is 0.479 e. The van der Waals surface area contributed by atoms with Crippen molar-refractivity contribution in [3.8, 4) is 0 Å². The molecule has 3 N–H and O–H groups in total. The predicted octanol–water partition coefficient (Wildman–Crippen LogP) is 1.42. The Morgan fingerprint density at radius 1 is 1.39 bits per heavy atom. The van der Waals surface area contributed by atoms with Crippen molar-refractivity contribution in [2.75, 3.05) is 23.3 Å². The fourth-order valence-corrected chi connectivity index (χ4v) is 2.51. The van der Waals surface area contributed by atoms with E-state index in [1.807, 2.05) is 18.2 Å². The number of para-hydroxylation sites is 1. The van der Waals surface area contributed by atoms with Gasteiger partial charge in [-0.1, -0.05) is 18.2 Å². The average molecular weight is 314 g/mol. The maximum Gasteiger partial charge on any atom is 0.337 e. The van der Waals surface area contributed by atoms with E-state index in [4.69, 9.17) is 5.11 Å². The molecule has 23 heavy (non-hydrogen) atoms. The fourth-order valence-electron chi connectivity index (χ4n) is 2.51. The van der Waals surface area contributed by atoms with Crippen LogP contribution in [0.5, 0.6) is 0 Å². The maximum absolute atomic E-state index is 10.9. The number of aromatic nitrogens is 2. The quantitative estimate of drug-likeness (QED) is 0.767. The number of rotatable bonds is 5. The Morgan fingerprint density at radius 2 is 2.17 bits per heavy atom. The van der Waals surface area contributed by atoms with Crippen molar-refractivity contribution in [1.29, 1.82) is 0 Å². The van der Waals surface area contributed by atoms with E-state index in [9.17, 15) is 9.90 Å². The Labute approximate surface area is 133 Å². The Balaban J connectivity index is 1.78. The van der Waals surface area contributed by atoms with Crippen molar-refractivity contribution in [3.05, 3.63) is 42.2 Å². The molecular weight excluding hydrogens is 296 g/mol. The van der Waals surface area contributed by atoms with E-state index in [1.165, 1.54) is 18.8 Å². The Morgan fingerprint density at radius 3 is 2.96 bits per heavy atom. The first-order valence-electron chi connectivity index (χ1n) is 7.34. The number of hydrogen-bond donors (Lipinski definition) is 3. The van der Waals surface area contributed by atoms with Gasteiger partial charge in [0.1, 0.15) is 18.0 Å². The lowest BCUT2D eigenvalue weighted by Gasteiger charge is -2.21. The molecule has 7 heteroatoms. The second-order valence-corrected chi connectivity index (χ2v) is 5.72. The number of aliphatic hydroxyl groups is 1. The zero-order chi connectivity index (χ0) is 16.4. The molecule has 1 aliphatic heterocycles. The van der Waals surface area contributed by atoms with Crippen LogP contribution in [0, 0.1) is 0 Å². The molecule has 0 bridgehead atoms. The summed E-state index contributed by atoms with van der Waals surface area (Å²) in [5, 5.41) is 21.5. The SMILES string of the molecule is CC(O)(CNc1cc(N2CCc3ccccc32)ncn1)C(=O)O. The summed E-state index contributed by atoms with van der Waals surface area (Å²) in [5.41, 5.74) is 0.537. The minimum atomic E-state index is -1.86. The fraction of sp³-hybridized carbons (Fsp3) is 0.312. The van der Waals surface area contributed by atoms with Gasteiger partial charge in [0.25, 0.3) is 0 Å². The number of benzene rings is 1. The van der Waals surface area contributed by atoms with Crippen molar-refractivity contribution in [3.63, 3.8) is 0 Å². The number of carbonyl (C=O) groups is 1. The van der Waals surface area contributed by atoms with Gasteiger partial charge in [0.15, 0.2) is 5.60 Å². The molecule has 1 atom stereocenters. The zero-order valence-electron chi connectivity index (χ0n) is 12.7. The van der Waals surface area contributed by atoms with E-state index < -0.39 is 11.6 Å². The lowest BCUT2D eigenvalue weighted by atomic mass is 10.1. The molecule has 0 fully saturated rings. The first-order chi connectivity index (χ1) is 11.0. The van der Waals surface area contributed by atoms with E-state index in [0.717, 1.165) is 24.5 Å². The highest BCUT2D eigenvalue weighted by Gasteiger charge is 2.29. The molecule has 0 saturated carbocycles. The van der Waals surface area contributed by atoms with Crippen molar-refractivity contribution in [2.45, 2.75) is 18.9 Å². The van der Waals surface area contributed by atoms with Crippen LogP contribution in [-0.2, 0) is 11.2 Å². The molecule has 0 saturated heterocycles. The summed E-state index contributed by atoms with van der Waals surface area (Å²) in [5.74, 6) is -0.0731. The highest BCUT2D eigenvalue weighted by Crippen LogP contribution is 2.33. The molecule has 1 unspecified atom stereocenters. The highest BCUT2D eigenvalue weighted by atomic mass is 16.4. The van der Waals surface area contributed by atoms with E-state index >= 15 is 0 Å². The molecule has 1 aromatic carbocycles. The maximum atomic E-state index is 10.9. The second kappa shape index (κ2) is 5.85. The van der Waals surface area contributed by atoms with E-state index in [0.29, 0.717) is 5.82 Å². The van der Waals surface area contributed by atoms with Crippen molar-refractivity contribution in [1.82, 2.24) is 9.97 Å². The molecule has 2 heterocycles. The molecular formula is C16H18N4O3. The van der Waals surface area contributed by atoms with Gasteiger partial charge in [-0.25, -0.2) is 14.8 Å². The number of nitrogens with zero attached hydrogens (tertiary/aromatic N) is 3. The second-order valence-electron chi connectivity index (χ2n) is 5.72. The number of carboxylic acid groups (broad SMARTS) is 1. The summed E-state index contributed by atoms with van der Waals surface area (Å²) in [6.07, 6.45) is 2.38. The van der Waals surface area contributed by atoms with Crippen LogP contribution >= 0.6 is 0 Å². The minimum Gasteiger partial charge on any atom is -0.479 e. The van der Waals surface area contributed by atoms with Crippen LogP contribution in [0.2, 0.25) is 0 Å². The Hall–Kier alpha value is -2.67. The minimum absolute atomic E-state index is 0.143. The lowest BCUT2D eigenvalue weighted by molar-refractivity contribution is -0.155. The van der Waals surface area contributed by atoms with Gasteiger partial charge in [0.2, 0.25) is 0 Å². The van der Waals surface area contributed by atoms with Gasteiger partial charge in [-0.2, -0.15) is 0 Å². The summed E-state index contributed by atoms with van der Waals surface area (Å²) in [6, 6.07) is 9.90. The smallest absolute Gasteiger partial charge is 0.337 e. The number of anilines is 3. The summed E-state index contributed by atoms with van der Waals surface area (Å²) >= 11 is 0. The van der Waals surface area contributed by atoms with E-state index in [1.54, 1.807) is 6.07 Å². The molecule has 120 valence electrons. The molecule has 1 aliphatic rings. The monoisotopic (exact) mass is 314 g/mol. The summed E-state index contributed by atoms with van der Waals surface area (Å²) in [6.45, 7) is 1.93. The summed E-state index contributed by atoms with van der Waals surface area (Å²) < 4.78 is 0.